The minimum atomic E-state index is -0.554. The molecule has 1 aliphatic heterocycles. The van der Waals surface area contributed by atoms with Crippen LogP contribution in [0.5, 0.6) is 0 Å². The summed E-state index contributed by atoms with van der Waals surface area (Å²) in [5.41, 5.74) is 3.32. The summed E-state index contributed by atoms with van der Waals surface area (Å²) in [6.45, 7) is 5.47. The predicted molar refractivity (Wildman–Crippen MR) is 102 cm³/mol. The summed E-state index contributed by atoms with van der Waals surface area (Å²) < 4.78 is 21.2. The van der Waals surface area contributed by atoms with Gasteiger partial charge in [-0.3, -0.25) is 4.57 Å². The summed E-state index contributed by atoms with van der Waals surface area (Å²) >= 11 is 0. The maximum absolute atomic E-state index is 14.0. The Kier molecular flexibility index (Phi) is 4.24. The van der Waals surface area contributed by atoms with E-state index in [1.165, 1.54) is 18.2 Å². The summed E-state index contributed by atoms with van der Waals surface area (Å²) in [5.74, 6) is -0.241. The number of carbonyl (C=O) groups is 1. The number of nitrogens with zero attached hydrogens (tertiary/aromatic N) is 2. The summed E-state index contributed by atoms with van der Waals surface area (Å²) in [6, 6.07) is 13.3. The number of benzene rings is 2. The zero-order valence-corrected chi connectivity index (χ0v) is 14.8. The number of carbonyl (C=O) groups excluding carboxylic acids is 1. The number of hydrogen-bond donors (Lipinski definition) is 1. The maximum atomic E-state index is 14.0. The van der Waals surface area contributed by atoms with Gasteiger partial charge in [-0.2, -0.15) is 0 Å². The zero-order chi connectivity index (χ0) is 19.0. The van der Waals surface area contributed by atoms with Gasteiger partial charge in [-0.05, 0) is 36.8 Å². The van der Waals surface area contributed by atoms with Gasteiger partial charge in [0.25, 0.3) is 0 Å². The van der Waals surface area contributed by atoms with Gasteiger partial charge in [0.05, 0.1) is 22.6 Å². The van der Waals surface area contributed by atoms with E-state index >= 15 is 0 Å². The first-order valence-electron chi connectivity index (χ1n) is 8.58. The Balaban J connectivity index is 1.95. The first-order chi connectivity index (χ1) is 13.1. The van der Waals surface area contributed by atoms with Crippen LogP contribution in [-0.4, -0.2) is 22.1 Å². The van der Waals surface area contributed by atoms with E-state index in [1.54, 1.807) is 19.1 Å². The van der Waals surface area contributed by atoms with Gasteiger partial charge in [0.15, 0.2) is 0 Å². The van der Waals surface area contributed by atoms with E-state index in [0.717, 1.165) is 11.0 Å². The lowest BCUT2D eigenvalue weighted by Gasteiger charge is -2.30. The molecule has 0 radical (unpaired) electrons. The monoisotopic (exact) mass is 363 g/mol. The van der Waals surface area contributed by atoms with Crippen molar-refractivity contribution in [2.45, 2.75) is 13.0 Å². The van der Waals surface area contributed by atoms with Gasteiger partial charge in [-0.15, -0.1) is 0 Å². The zero-order valence-electron chi connectivity index (χ0n) is 14.8. The smallest absolute Gasteiger partial charge is 0.338 e. The van der Waals surface area contributed by atoms with Crippen molar-refractivity contribution in [1.29, 1.82) is 0 Å². The third-order valence-electron chi connectivity index (χ3n) is 4.55. The molecule has 6 heteroatoms. The van der Waals surface area contributed by atoms with E-state index in [-0.39, 0.29) is 12.4 Å². The normalized spacial score (nSPS) is 16.0. The van der Waals surface area contributed by atoms with Gasteiger partial charge in [0.1, 0.15) is 12.4 Å². The van der Waals surface area contributed by atoms with Crippen molar-refractivity contribution < 1.29 is 13.9 Å². The van der Waals surface area contributed by atoms with Crippen LogP contribution in [0.2, 0.25) is 0 Å². The van der Waals surface area contributed by atoms with Crippen LogP contribution in [0, 0.1) is 5.82 Å². The largest absolute Gasteiger partial charge is 0.458 e. The van der Waals surface area contributed by atoms with Crippen molar-refractivity contribution in [3.05, 3.63) is 83.8 Å². The number of allylic oxidation sites excluding steroid dienone is 1. The second kappa shape index (κ2) is 6.72. The molecular formula is C21H18FN3O2. The Morgan fingerprint density at radius 2 is 2.15 bits per heavy atom. The second-order valence-electron chi connectivity index (χ2n) is 6.30. The fraction of sp³-hybridized carbons (Fsp3) is 0.143. The molecule has 0 bridgehead atoms. The van der Waals surface area contributed by atoms with Crippen LogP contribution in [0.4, 0.5) is 10.3 Å². The molecule has 5 nitrogen and oxygen atoms in total. The molecule has 0 amide bonds. The molecule has 1 aromatic heterocycles. The Hall–Kier alpha value is -3.41. The first kappa shape index (κ1) is 17.0. The topological polar surface area (TPSA) is 56.1 Å². The molecule has 0 aliphatic carbocycles. The molecule has 3 aromatic rings. The van der Waals surface area contributed by atoms with E-state index in [1.807, 2.05) is 28.8 Å². The molecule has 0 unspecified atom stereocenters. The molecular weight excluding hydrogens is 345 g/mol. The summed E-state index contributed by atoms with van der Waals surface area (Å²) in [7, 11) is 0. The van der Waals surface area contributed by atoms with Gasteiger partial charge < -0.3 is 10.1 Å². The van der Waals surface area contributed by atoms with Crippen LogP contribution in [-0.2, 0) is 9.53 Å². The average molecular weight is 363 g/mol. The van der Waals surface area contributed by atoms with Gasteiger partial charge in [0.2, 0.25) is 5.95 Å². The fourth-order valence-electron chi connectivity index (χ4n) is 3.43. The van der Waals surface area contributed by atoms with E-state index in [0.29, 0.717) is 22.8 Å². The number of anilines is 1. The highest BCUT2D eigenvalue weighted by molar-refractivity contribution is 5.94. The number of esters is 1. The molecule has 0 spiro atoms. The number of fused-ring (bicyclic) bond motifs is 3. The van der Waals surface area contributed by atoms with Crippen molar-refractivity contribution in [2.24, 2.45) is 0 Å². The summed E-state index contributed by atoms with van der Waals surface area (Å²) in [4.78, 5) is 17.4. The Bertz CT molecular complexity index is 1080. The van der Waals surface area contributed by atoms with Crippen LogP contribution < -0.4 is 5.32 Å². The number of imidazole rings is 1. The van der Waals surface area contributed by atoms with Crippen molar-refractivity contribution in [2.75, 3.05) is 11.9 Å². The van der Waals surface area contributed by atoms with E-state index < -0.39 is 12.0 Å². The van der Waals surface area contributed by atoms with E-state index in [9.17, 15) is 9.18 Å². The lowest BCUT2D eigenvalue weighted by molar-refractivity contribution is -0.138. The van der Waals surface area contributed by atoms with Gasteiger partial charge in [0, 0.05) is 5.70 Å². The summed E-state index contributed by atoms with van der Waals surface area (Å²) in [6.07, 6.45) is 1.51. The van der Waals surface area contributed by atoms with Crippen molar-refractivity contribution in [1.82, 2.24) is 9.55 Å². The van der Waals surface area contributed by atoms with Crippen LogP contribution in [0.3, 0.4) is 0 Å². The molecule has 0 saturated heterocycles. The number of halogens is 1. The molecule has 27 heavy (non-hydrogen) atoms. The maximum Gasteiger partial charge on any atom is 0.338 e. The Morgan fingerprint density at radius 3 is 2.93 bits per heavy atom. The van der Waals surface area contributed by atoms with Crippen molar-refractivity contribution in [3.63, 3.8) is 0 Å². The van der Waals surface area contributed by atoms with Crippen LogP contribution in [0.15, 0.2) is 72.5 Å². The lowest BCUT2D eigenvalue weighted by atomic mass is 9.95. The van der Waals surface area contributed by atoms with Crippen molar-refractivity contribution >= 4 is 23.0 Å². The number of hydrogen-bond acceptors (Lipinski definition) is 4. The first-order valence-corrected chi connectivity index (χ1v) is 8.58. The minimum Gasteiger partial charge on any atom is -0.458 e. The average Bonchev–Trinajstić information content (AvgIpc) is 3.02. The fourth-order valence-corrected chi connectivity index (χ4v) is 3.43. The highest BCUT2D eigenvalue weighted by Gasteiger charge is 2.35. The number of aromatic nitrogens is 2. The number of nitrogens with one attached hydrogen (secondary N) is 1. The molecule has 0 fully saturated rings. The predicted octanol–water partition coefficient (Wildman–Crippen LogP) is 4.19. The quantitative estimate of drug-likeness (QED) is 0.558. The number of para-hydroxylation sites is 2. The van der Waals surface area contributed by atoms with E-state index in [4.69, 9.17) is 4.74 Å². The third kappa shape index (κ3) is 2.89. The molecule has 2 aromatic carbocycles. The third-order valence-corrected chi connectivity index (χ3v) is 4.55. The molecule has 136 valence electrons. The molecule has 0 saturated carbocycles. The van der Waals surface area contributed by atoms with Crippen LogP contribution in [0.25, 0.3) is 11.0 Å². The number of ether oxygens (including phenoxy) is 1. The molecule has 2 heterocycles. The van der Waals surface area contributed by atoms with Crippen LogP contribution in [0.1, 0.15) is 18.5 Å². The lowest BCUT2D eigenvalue weighted by Crippen LogP contribution is -2.29. The molecule has 1 aliphatic rings. The SMILES string of the molecule is C=CCOC(=O)C1=C(C)Nc2nc3ccccc3n2[C@@H]1c1cccc(F)c1. The highest BCUT2D eigenvalue weighted by Crippen LogP contribution is 2.39. The van der Waals surface area contributed by atoms with Gasteiger partial charge in [-0.1, -0.05) is 36.9 Å². The van der Waals surface area contributed by atoms with E-state index in [2.05, 4.69) is 16.9 Å². The van der Waals surface area contributed by atoms with Gasteiger partial charge in [-0.25, -0.2) is 14.2 Å². The summed E-state index contributed by atoms with van der Waals surface area (Å²) in [5, 5.41) is 3.18. The van der Waals surface area contributed by atoms with Crippen molar-refractivity contribution in [3.8, 4) is 0 Å². The van der Waals surface area contributed by atoms with Crippen LogP contribution >= 0.6 is 0 Å². The second-order valence-corrected chi connectivity index (χ2v) is 6.30. The highest BCUT2D eigenvalue weighted by atomic mass is 19.1. The standard InChI is InChI=1S/C21H18FN3O2/c1-3-11-27-20(26)18-13(2)23-21-24-16-9-4-5-10-17(16)25(21)19(18)14-7-6-8-15(22)12-14/h3-10,12,19H,1,11H2,2H3,(H,23,24)/t19-/m1/s1. The molecule has 1 N–H and O–H groups in total. The van der Waals surface area contributed by atoms with Gasteiger partial charge >= 0.3 is 5.97 Å². The molecule has 1 atom stereocenters. The number of rotatable bonds is 4. The Morgan fingerprint density at radius 1 is 1.33 bits per heavy atom. The Labute approximate surface area is 155 Å². The minimum absolute atomic E-state index is 0.100. The molecule has 4 rings (SSSR count).